The minimum absolute atomic E-state index is 0.251. The van der Waals surface area contributed by atoms with E-state index < -0.39 is 5.41 Å². The molecule has 0 atom stereocenters. The van der Waals surface area contributed by atoms with E-state index in [1.54, 1.807) is 0 Å². The fraction of sp³-hybridized carbons (Fsp3) is 0.167. The van der Waals surface area contributed by atoms with Gasteiger partial charge in [0, 0.05) is 0 Å². The van der Waals surface area contributed by atoms with Crippen LogP contribution in [-0.2, 0) is 5.41 Å². The molecule has 0 unspecified atom stereocenters. The number of nitrogen functional groups attached to an aromatic ring is 1. The van der Waals surface area contributed by atoms with Gasteiger partial charge < -0.3 is 5.73 Å². The minimum Gasteiger partial charge on any atom is -0.368 e. The Morgan fingerprint density at radius 3 is 1.73 bits per heavy atom. The molecule has 0 amide bonds. The average molecular weight is 290 g/mol. The summed E-state index contributed by atoms with van der Waals surface area (Å²) in [5, 5.41) is 0. The maximum Gasteiger partial charge on any atom is 0.223 e. The summed E-state index contributed by atoms with van der Waals surface area (Å²) in [4.78, 5) is 13.1. The van der Waals surface area contributed by atoms with Gasteiger partial charge in [-0.15, -0.1) is 0 Å². The molecule has 0 aliphatic rings. The van der Waals surface area contributed by atoms with Gasteiger partial charge in [0.15, 0.2) is 0 Å². The van der Waals surface area contributed by atoms with Gasteiger partial charge in [0.25, 0.3) is 0 Å². The zero-order valence-corrected chi connectivity index (χ0v) is 12.7. The van der Waals surface area contributed by atoms with Crippen molar-refractivity contribution >= 4 is 5.95 Å². The Balaban J connectivity index is 2.28. The highest BCUT2D eigenvalue weighted by Crippen LogP contribution is 2.36. The molecule has 1 heterocycles. The lowest BCUT2D eigenvalue weighted by Gasteiger charge is -2.29. The Labute approximate surface area is 130 Å². The molecule has 0 fully saturated rings. The maximum absolute atomic E-state index is 5.85. The molecule has 2 N–H and O–H groups in total. The number of benzene rings is 2. The lowest BCUT2D eigenvalue weighted by Crippen LogP contribution is -2.29. The third-order valence-electron chi connectivity index (χ3n) is 3.91. The normalized spacial score (nSPS) is 11.4. The lowest BCUT2D eigenvalue weighted by molar-refractivity contribution is 0.626. The molecule has 2 aromatic carbocycles. The van der Waals surface area contributed by atoms with Gasteiger partial charge >= 0.3 is 0 Å². The third-order valence-corrected chi connectivity index (χ3v) is 3.91. The first-order valence-electron chi connectivity index (χ1n) is 7.20. The van der Waals surface area contributed by atoms with Crippen LogP contribution in [0.2, 0.25) is 0 Å². The van der Waals surface area contributed by atoms with Crippen LogP contribution in [0.3, 0.4) is 0 Å². The summed E-state index contributed by atoms with van der Waals surface area (Å²) in [6, 6.07) is 20.4. The number of aromatic nitrogens is 3. The standard InChI is InChI=1S/C18H18N4/c1-13-20-16(22-17(19)21-13)18(2,14-9-5-3-6-10-14)15-11-7-4-8-12-15/h3-12H,1-2H3,(H2,19,20,21,22). The van der Waals surface area contributed by atoms with Crippen LogP contribution in [0.1, 0.15) is 29.7 Å². The zero-order valence-electron chi connectivity index (χ0n) is 12.7. The van der Waals surface area contributed by atoms with Gasteiger partial charge in [0.2, 0.25) is 5.95 Å². The molecule has 0 saturated carbocycles. The Hall–Kier alpha value is -2.75. The molecule has 1 aromatic heterocycles. The first-order valence-corrected chi connectivity index (χ1v) is 7.20. The van der Waals surface area contributed by atoms with Crippen molar-refractivity contribution in [2.75, 3.05) is 5.73 Å². The van der Waals surface area contributed by atoms with Crippen molar-refractivity contribution in [1.82, 2.24) is 15.0 Å². The van der Waals surface area contributed by atoms with Gasteiger partial charge in [-0.2, -0.15) is 9.97 Å². The minimum atomic E-state index is -0.482. The van der Waals surface area contributed by atoms with E-state index in [1.165, 1.54) is 0 Å². The summed E-state index contributed by atoms with van der Waals surface area (Å²) < 4.78 is 0. The molecule has 0 spiro atoms. The van der Waals surface area contributed by atoms with E-state index in [4.69, 9.17) is 5.73 Å². The van der Waals surface area contributed by atoms with Crippen molar-refractivity contribution in [1.29, 1.82) is 0 Å². The summed E-state index contributed by atoms with van der Waals surface area (Å²) in [6.07, 6.45) is 0. The number of aryl methyl sites for hydroxylation is 1. The smallest absolute Gasteiger partial charge is 0.223 e. The Bertz CT molecular complexity index is 710. The fourth-order valence-corrected chi connectivity index (χ4v) is 2.69. The highest BCUT2D eigenvalue weighted by atomic mass is 15.1. The van der Waals surface area contributed by atoms with E-state index in [0.29, 0.717) is 11.6 Å². The van der Waals surface area contributed by atoms with E-state index in [2.05, 4.69) is 46.1 Å². The largest absolute Gasteiger partial charge is 0.368 e. The lowest BCUT2D eigenvalue weighted by atomic mass is 9.75. The van der Waals surface area contributed by atoms with Gasteiger partial charge in [0.05, 0.1) is 5.41 Å². The molecule has 0 radical (unpaired) electrons. The van der Waals surface area contributed by atoms with E-state index in [-0.39, 0.29) is 5.95 Å². The summed E-state index contributed by atoms with van der Waals surface area (Å²) in [5.74, 6) is 1.54. The number of nitrogens with zero attached hydrogens (tertiary/aromatic N) is 3. The summed E-state index contributed by atoms with van der Waals surface area (Å²) in [5.41, 5.74) is 7.60. The van der Waals surface area contributed by atoms with Crippen LogP contribution >= 0.6 is 0 Å². The summed E-state index contributed by atoms with van der Waals surface area (Å²) in [6.45, 7) is 3.95. The molecule has 4 nitrogen and oxygen atoms in total. The molecule has 110 valence electrons. The monoisotopic (exact) mass is 290 g/mol. The zero-order chi connectivity index (χ0) is 15.6. The summed E-state index contributed by atoms with van der Waals surface area (Å²) >= 11 is 0. The number of hydrogen-bond donors (Lipinski definition) is 1. The quantitative estimate of drug-likeness (QED) is 0.805. The SMILES string of the molecule is Cc1nc(N)nc(C(C)(c2ccccc2)c2ccccc2)n1. The second-order valence-electron chi connectivity index (χ2n) is 5.42. The van der Waals surface area contributed by atoms with Crippen LogP contribution in [0, 0.1) is 6.92 Å². The number of rotatable bonds is 3. The van der Waals surface area contributed by atoms with Crippen molar-refractivity contribution in [3.8, 4) is 0 Å². The molecule has 3 rings (SSSR count). The van der Waals surface area contributed by atoms with E-state index in [0.717, 1.165) is 11.1 Å². The number of nitrogens with two attached hydrogens (primary N) is 1. The molecule has 3 aromatic rings. The van der Waals surface area contributed by atoms with Crippen molar-refractivity contribution in [3.05, 3.63) is 83.4 Å². The van der Waals surface area contributed by atoms with Crippen LogP contribution < -0.4 is 5.73 Å². The Kier molecular flexibility index (Phi) is 3.59. The molecule has 0 saturated heterocycles. The van der Waals surface area contributed by atoms with Gasteiger partial charge in [-0.05, 0) is 25.0 Å². The van der Waals surface area contributed by atoms with Crippen molar-refractivity contribution < 1.29 is 0 Å². The van der Waals surface area contributed by atoms with Crippen molar-refractivity contribution in [3.63, 3.8) is 0 Å². The molecule has 4 heteroatoms. The Morgan fingerprint density at radius 2 is 1.27 bits per heavy atom. The highest BCUT2D eigenvalue weighted by molar-refractivity contribution is 5.45. The molecular formula is C18H18N4. The molecule has 0 bridgehead atoms. The van der Waals surface area contributed by atoms with E-state index >= 15 is 0 Å². The van der Waals surface area contributed by atoms with Crippen LogP contribution in [0.15, 0.2) is 60.7 Å². The maximum atomic E-state index is 5.85. The second kappa shape index (κ2) is 5.56. The molecule has 0 aliphatic heterocycles. The second-order valence-corrected chi connectivity index (χ2v) is 5.42. The molecule has 22 heavy (non-hydrogen) atoms. The average Bonchev–Trinajstić information content (AvgIpc) is 2.55. The predicted molar refractivity (Wildman–Crippen MR) is 87.4 cm³/mol. The Morgan fingerprint density at radius 1 is 0.773 bits per heavy atom. The third kappa shape index (κ3) is 2.44. The number of hydrogen-bond acceptors (Lipinski definition) is 4. The van der Waals surface area contributed by atoms with Crippen LogP contribution in [0.5, 0.6) is 0 Å². The van der Waals surface area contributed by atoms with E-state index in [1.807, 2.05) is 43.3 Å². The van der Waals surface area contributed by atoms with Gasteiger partial charge in [0.1, 0.15) is 11.6 Å². The van der Waals surface area contributed by atoms with Crippen LogP contribution in [0.25, 0.3) is 0 Å². The first-order chi connectivity index (χ1) is 10.6. The topological polar surface area (TPSA) is 64.7 Å². The van der Waals surface area contributed by atoms with Crippen molar-refractivity contribution in [2.24, 2.45) is 0 Å². The van der Waals surface area contributed by atoms with Gasteiger partial charge in [-0.1, -0.05) is 60.7 Å². The summed E-state index contributed by atoms with van der Waals surface area (Å²) in [7, 11) is 0. The van der Waals surface area contributed by atoms with E-state index in [9.17, 15) is 0 Å². The van der Waals surface area contributed by atoms with Gasteiger partial charge in [-0.25, -0.2) is 4.98 Å². The van der Waals surface area contributed by atoms with Crippen LogP contribution in [-0.4, -0.2) is 15.0 Å². The molecular weight excluding hydrogens is 272 g/mol. The number of anilines is 1. The predicted octanol–water partition coefficient (Wildman–Crippen LogP) is 3.12. The fourth-order valence-electron chi connectivity index (χ4n) is 2.69. The molecule has 0 aliphatic carbocycles. The first kappa shape index (κ1) is 14.2. The highest BCUT2D eigenvalue weighted by Gasteiger charge is 2.34. The van der Waals surface area contributed by atoms with Gasteiger partial charge in [-0.3, -0.25) is 0 Å². The van der Waals surface area contributed by atoms with Crippen LogP contribution in [0.4, 0.5) is 5.95 Å². The van der Waals surface area contributed by atoms with Crippen molar-refractivity contribution in [2.45, 2.75) is 19.3 Å².